The van der Waals surface area contributed by atoms with Crippen molar-refractivity contribution in [2.24, 2.45) is 0 Å². The molecule has 37 heavy (non-hydrogen) atoms. The maximum absolute atomic E-state index is 6.38. The molecule has 0 bridgehead atoms. The first-order valence-corrected chi connectivity index (χ1v) is 12.7. The van der Waals surface area contributed by atoms with Crippen molar-refractivity contribution < 1.29 is 18.9 Å². The highest BCUT2D eigenvalue weighted by Gasteiger charge is 2.28. The third-order valence-corrected chi connectivity index (χ3v) is 6.74. The summed E-state index contributed by atoms with van der Waals surface area (Å²) in [5, 5.41) is 3.69. The molecule has 1 aliphatic heterocycles. The van der Waals surface area contributed by atoms with E-state index in [-0.39, 0.29) is 6.04 Å². The van der Waals surface area contributed by atoms with Gasteiger partial charge in [-0.05, 0) is 59.8 Å². The second kappa shape index (κ2) is 11.8. The Kier molecular flexibility index (Phi) is 7.92. The van der Waals surface area contributed by atoms with E-state index in [1.54, 1.807) is 14.2 Å². The van der Waals surface area contributed by atoms with Crippen molar-refractivity contribution in [3.05, 3.63) is 119 Å². The van der Waals surface area contributed by atoms with E-state index in [9.17, 15) is 0 Å². The second-order valence-corrected chi connectivity index (χ2v) is 9.16. The molecule has 4 aromatic carbocycles. The maximum atomic E-state index is 6.38. The predicted octanol–water partition coefficient (Wildman–Crippen LogP) is 6.29. The van der Waals surface area contributed by atoms with Gasteiger partial charge in [-0.1, -0.05) is 72.8 Å². The fourth-order valence-corrected chi connectivity index (χ4v) is 4.83. The number of benzene rings is 4. The molecule has 0 saturated carbocycles. The van der Waals surface area contributed by atoms with Gasteiger partial charge in [0.05, 0.1) is 14.2 Å². The number of nitrogens with one attached hydrogen (secondary N) is 1. The molecule has 0 spiro atoms. The number of hydrogen-bond donors (Lipinski definition) is 1. The van der Waals surface area contributed by atoms with Crippen molar-refractivity contribution >= 4 is 0 Å². The SMILES string of the molecule is COc1cc2c(c(OCc3ccccc3)c1OC)CCNC2Cc1ccc(OCc2ccccc2)cc1. The Labute approximate surface area is 219 Å². The molecule has 1 unspecified atom stereocenters. The van der Waals surface area contributed by atoms with Crippen molar-refractivity contribution in [1.82, 2.24) is 5.32 Å². The van der Waals surface area contributed by atoms with Gasteiger partial charge in [0.2, 0.25) is 5.75 Å². The summed E-state index contributed by atoms with van der Waals surface area (Å²) >= 11 is 0. The van der Waals surface area contributed by atoms with E-state index in [1.165, 1.54) is 16.7 Å². The van der Waals surface area contributed by atoms with Crippen LogP contribution in [0.15, 0.2) is 91.0 Å². The molecule has 0 aromatic heterocycles. The second-order valence-electron chi connectivity index (χ2n) is 9.16. The van der Waals surface area contributed by atoms with Crippen LogP contribution < -0.4 is 24.3 Å². The first-order valence-electron chi connectivity index (χ1n) is 12.7. The number of ether oxygens (including phenoxy) is 4. The molecule has 5 rings (SSSR count). The topological polar surface area (TPSA) is 49.0 Å². The average molecular weight is 496 g/mol. The molecule has 0 radical (unpaired) electrons. The van der Waals surface area contributed by atoms with Crippen LogP contribution >= 0.6 is 0 Å². The fraction of sp³-hybridized carbons (Fsp3) is 0.250. The van der Waals surface area contributed by atoms with E-state index >= 15 is 0 Å². The number of methoxy groups -OCH3 is 2. The highest BCUT2D eigenvalue weighted by molar-refractivity contribution is 5.61. The van der Waals surface area contributed by atoms with E-state index in [0.717, 1.165) is 42.0 Å². The van der Waals surface area contributed by atoms with Crippen LogP contribution in [0.25, 0.3) is 0 Å². The van der Waals surface area contributed by atoms with Gasteiger partial charge in [0.1, 0.15) is 19.0 Å². The molecule has 0 fully saturated rings. The zero-order chi connectivity index (χ0) is 25.5. The van der Waals surface area contributed by atoms with Gasteiger partial charge in [-0.3, -0.25) is 0 Å². The largest absolute Gasteiger partial charge is 0.493 e. The van der Waals surface area contributed by atoms with Gasteiger partial charge >= 0.3 is 0 Å². The molecule has 0 aliphatic carbocycles. The highest BCUT2D eigenvalue weighted by Crippen LogP contribution is 2.46. The van der Waals surface area contributed by atoms with E-state index in [2.05, 4.69) is 47.8 Å². The number of rotatable bonds is 10. The summed E-state index contributed by atoms with van der Waals surface area (Å²) in [6, 6.07) is 31.0. The molecule has 5 nitrogen and oxygen atoms in total. The van der Waals surface area contributed by atoms with Gasteiger partial charge in [0.15, 0.2) is 11.5 Å². The van der Waals surface area contributed by atoms with Crippen LogP contribution in [0.1, 0.15) is 33.9 Å². The summed E-state index contributed by atoms with van der Waals surface area (Å²) in [5.74, 6) is 2.98. The van der Waals surface area contributed by atoms with Crippen LogP contribution in [-0.2, 0) is 26.1 Å². The fourth-order valence-electron chi connectivity index (χ4n) is 4.83. The molecule has 1 heterocycles. The predicted molar refractivity (Wildman–Crippen MR) is 146 cm³/mol. The first-order chi connectivity index (χ1) is 18.2. The molecule has 0 amide bonds. The first kappa shape index (κ1) is 24.7. The Morgan fingerprint density at radius 2 is 1.35 bits per heavy atom. The van der Waals surface area contributed by atoms with Crippen molar-refractivity contribution in [1.29, 1.82) is 0 Å². The molecule has 0 saturated heterocycles. The summed E-state index contributed by atoms with van der Waals surface area (Å²) in [6.07, 6.45) is 1.71. The van der Waals surface area contributed by atoms with Crippen LogP contribution in [0.4, 0.5) is 0 Å². The minimum atomic E-state index is 0.138. The lowest BCUT2D eigenvalue weighted by Crippen LogP contribution is -2.31. The zero-order valence-electron chi connectivity index (χ0n) is 21.4. The molecule has 1 N–H and O–H groups in total. The van der Waals surface area contributed by atoms with Crippen LogP contribution in [-0.4, -0.2) is 20.8 Å². The molecule has 4 aromatic rings. The van der Waals surface area contributed by atoms with Gasteiger partial charge in [-0.2, -0.15) is 0 Å². The van der Waals surface area contributed by atoms with E-state index in [4.69, 9.17) is 18.9 Å². The normalized spacial score (nSPS) is 14.5. The third kappa shape index (κ3) is 5.89. The summed E-state index contributed by atoms with van der Waals surface area (Å²) in [4.78, 5) is 0. The Bertz CT molecular complexity index is 1290. The Morgan fingerprint density at radius 3 is 1.97 bits per heavy atom. The minimum absolute atomic E-state index is 0.138. The molecule has 1 aliphatic rings. The Hall–Kier alpha value is -3.96. The molecular formula is C32H33NO4. The lowest BCUT2D eigenvalue weighted by Gasteiger charge is -2.30. The zero-order valence-corrected chi connectivity index (χ0v) is 21.4. The Morgan fingerprint density at radius 1 is 0.703 bits per heavy atom. The monoisotopic (exact) mass is 495 g/mol. The number of fused-ring (bicyclic) bond motifs is 1. The quantitative estimate of drug-likeness (QED) is 0.280. The van der Waals surface area contributed by atoms with Gasteiger partial charge in [-0.25, -0.2) is 0 Å². The molecular weight excluding hydrogens is 462 g/mol. The molecule has 5 heteroatoms. The lowest BCUT2D eigenvalue weighted by molar-refractivity contribution is 0.269. The minimum Gasteiger partial charge on any atom is -0.493 e. The maximum Gasteiger partial charge on any atom is 0.203 e. The average Bonchev–Trinajstić information content (AvgIpc) is 2.96. The van der Waals surface area contributed by atoms with E-state index in [0.29, 0.717) is 24.7 Å². The van der Waals surface area contributed by atoms with Gasteiger partial charge < -0.3 is 24.3 Å². The van der Waals surface area contributed by atoms with Crippen LogP contribution in [0.3, 0.4) is 0 Å². The lowest BCUT2D eigenvalue weighted by atomic mass is 9.89. The highest BCUT2D eigenvalue weighted by atomic mass is 16.5. The standard InChI is InChI=1S/C32H33NO4/c1-34-30-20-28-27(31(32(30)35-2)37-22-25-11-7-4-8-12-25)17-18-33-29(28)19-23-13-15-26(16-14-23)36-21-24-9-5-3-6-10-24/h3-16,20,29,33H,17-19,21-22H2,1-2H3. The third-order valence-electron chi connectivity index (χ3n) is 6.74. The van der Waals surface area contributed by atoms with Crippen molar-refractivity contribution in [2.45, 2.75) is 32.1 Å². The Balaban J connectivity index is 1.35. The van der Waals surface area contributed by atoms with E-state index in [1.807, 2.05) is 48.5 Å². The molecule has 1 atom stereocenters. The van der Waals surface area contributed by atoms with Gasteiger partial charge in [0.25, 0.3) is 0 Å². The van der Waals surface area contributed by atoms with Crippen molar-refractivity contribution in [2.75, 3.05) is 20.8 Å². The summed E-state index contributed by atoms with van der Waals surface area (Å²) < 4.78 is 23.8. The van der Waals surface area contributed by atoms with Crippen molar-refractivity contribution in [3.63, 3.8) is 0 Å². The smallest absolute Gasteiger partial charge is 0.203 e. The van der Waals surface area contributed by atoms with E-state index < -0.39 is 0 Å². The van der Waals surface area contributed by atoms with Crippen LogP contribution in [0.5, 0.6) is 23.0 Å². The summed E-state index contributed by atoms with van der Waals surface area (Å²) in [7, 11) is 3.34. The van der Waals surface area contributed by atoms with Gasteiger partial charge in [-0.15, -0.1) is 0 Å². The number of hydrogen-bond acceptors (Lipinski definition) is 5. The van der Waals surface area contributed by atoms with Crippen LogP contribution in [0, 0.1) is 0 Å². The van der Waals surface area contributed by atoms with Gasteiger partial charge in [0, 0.05) is 11.6 Å². The van der Waals surface area contributed by atoms with Crippen LogP contribution in [0.2, 0.25) is 0 Å². The summed E-state index contributed by atoms with van der Waals surface area (Å²) in [5.41, 5.74) is 5.88. The summed E-state index contributed by atoms with van der Waals surface area (Å²) in [6.45, 7) is 1.90. The molecule has 190 valence electrons. The van der Waals surface area contributed by atoms with Crippen molar-refractivity contribution in [3.8, 4) is 23.0 Å².